The van der Waals surface area contributed by atoms with E-state index in [0.29, 0.717) is 23.7 Å². The molecular weight excluding hydrogens is 294 g/mol. The molecule has 1 amide bonds. The zero-order valence-corrected chi connectivity index (χ0v) is 13.3. The third-order valence-electron chi connectivity index (χ3n) is 3.21. The normalized spacial score (nSPS) is 10.2. The van der Waals surface area contributed by atoms with Crippen molar-refractivity contribution in [3.63, 3.8) is 0 Å². The molecule has 0 saturated heterocycles. The van der Waals surface area contributed by atoms with Gasteiger partial charge in [0, 0.05) is 20.3 Å². The van der Waals surface area contributed by atoms with E-state index in [4.69, 9.17) is 9.47 Å². The zero-order valence-electron chi connectivity index (χ0n) is 13.3. The van der Waals surface area contributed by atoms with Gasteiger partial charge in [0.15, 0.2) is 0 Å². The number of hydrogen-bond donors (Lipinski definition) is 2. The molecular formula is C17H21N3O3. The molecule has 6 nitrogen and oxygen atoms in total. The van der Waals surface area contributed by atoms with Crippen LogP contribution in [0.15, 0.2) is 42.6 Å². The van der Waals surface area contributed by atoms with E-state index >= 15 is 0 Å². The first-order valence-corrected chi connectivity index (χ1v) is 7.38. The molecule has 0 bridgehead atoms. The fourth-order valence-corrected chi connectivity index (χ4v) is 2.02. The van der Waals surface area contributed by atoms with Crippen molar-refractivity contribution in [3.05, 3.63) is 48.3 Å². The standard InChI is InChI=1S/C17H21N3O3/c1-22-11-5-10-18-13-8-9-15(19-12-13)17(21)20-14-6-3-4-7-16(14)23-2/h3-4,6-9,12,18H,5,10-11H2,1-2H3,(H,20,21). The number of methoxy groups -OCH3 is 2. The number of para-hydroxylation sites is 2. The summed E-state index contributed by atoms with van der Waals surface area (Å²) >= 11 is 0. The lowest BCUT2D eigenvalue weighted by Gasteiger charge is -2.10. The van der Waals surface area contributed by atoms with Gasteiger partial charge in [-0.3, -0.25) is 4.79 Å². The van der Waals surface area contributed by atoms with Gasteiger partial charge >= 0.3 is 0 Å². The summed E-state index contributed by atoms with van der Waals surface area (Å²) in [6, 6.07) is 10.8. The molecule has 2 rings (SSSR count). The predicted molar refractivity (Wildman–Crippen MR) is 90.2 cm³/mol. The lowest BCUT2D eigenvalue weighted by atomic mass is 10.2. The summed E-state index contributed by atoms with van der Waals surface area (Å²) in [5.74, 6) is 0.331. The second-order valence-corrected chi connectivity index (χ2v) is 4.86. The van der Waals surface area contributed by atoms with Crippen LogP contribution in [0.5, 0.6) is 5.75 Å². The number of hydrogen-bond acceptors (Lipinski definition) is 5. The van der Waals surface area contributed by atoms with Gasteiger partial charge in [-0.25, -0.2) is 4.98 Å². The van der Waals surface area contributed by atoms with E-state index in [0.717, 1.165) is 18.7 Å². The van der Waals surface area contributed by atoms with Gasteiger partial charge in [0.25, 0.3) is 5.91 Å². The molecule has 0 saturated carbocycles. The van der Waals surface area contributed by atoms with Crippen molar-refractivity contribution in [1.29, 1.82) is 0 Å². The van der Waals surface area contributed by atoms with Crippen LogP contribution >= 0.6 is 0 Å². The molecule has 0 aliphatic heterocycles. The molecule has 0 radical (unpaired) electrons. The molecule has 1 aromatic heterocycles. The predicted octanol–water partition coefficient (Wildman–Crippen LogP) is 2.79. The van der Waals surface area contributed by atoms with E-state index in [1.54, 1.807) is 38.6 Å². The second kappa shape index (κ2) is 8.75. The Morgan fingerprint density at radius 1 is 1.17 bits per heavy atom. The summed E-state index contributed by atoms with van der Waals surface area (Å²) in [5, 5.41) is 6.01. The van der Waals surface area contributed by atoms with E-state index in [1.807, 2.05) is 18.2 Å². The molecule has 1 aromatic carbocycles. The van der Waals surface area contributed by atoms with Crippen molar-refractivity contribution in [2.45, 2.75) is 6.42 Å². The first-order valence-electron chi connectivity index (χ1n) is 7.38. The summed E-state index contributed by atoms with van der Waals surface area (Å²) in [4.78, 5) is 16.4. The van der Waals surface area contributed by atoms with Crippen LogP contribution < -0.4 is 15.4 Å². The molecule has 0 aliphatic carbocycles. The Labute approximate surface area is 135 Å². The van der Waals surface area contributed by atoms with Gasteiger partial charge in [-0.1, -0.05) is 12.1 Å². The Bertz CT molecular complexity index is 629. The third-order valence-corrected chi connectivity index (χ3v) is 3.21. The van der Waals surface area contributed by atoms with Gasteiger partial charge in [0.2, 0.25) is 0 Å². The Morgan fingerprint density at radius 2 is 2.00 bits per heavy atom. The highest BCUT2D eigenvalue weighted by Crippen LogP contribution is 2.23. The Morgan fingerprint density at radius 3 is 2.70 bits per heavy atom. The number of rotatable bonds is 8. The lowest BCUT2D eigenvalue weighted by Crippen LogP contribution is -2.14. The van der Waals surface area contributed by atoms with E-state index in [1.165, 1.54) is 0 Å². The molecule has 0 spiro atoms. The van der Waals surface area contributed by atoms with Crippen LogP contribution in [0.4, 0.5) is 11.4 Å². The Balaban J connectivity index is 1.94. The Kier molecular flexibility index (Phi) is 6.38. The van der Waals surface area contributed by atoms with E-state index in [2.05, 4.69) is 15.6 Å². The molecule has 122 valence electrons. The number of amides is 1. The van der Waals surface area contributed by atoms with E-state index < -0.39 is 0 Å². The average Bonchev–Trinajstić information content (AvgIpc) is 2.59. The zero-order chi connectivity index (χ0) is 16.5. The first kappa shape index (κ1) is 16.8. The van der Waals surface area contributed by atoms with Gasteiger partial charge in [-0.15, -0.1) is 0 Å². The smallest absolute Gasteiger partial charge is 0.274 e. The largest absolute Gasteiger partial charge is 0.495 e. The Hall–Kier alpha value is -2.60. The number of pyridine rings is 1. The average molecular weight is 315 g/mol. The number of aromatic nitrogens is 1. The van der Waals surface area contributed by atoms with Crippen LogP contribution in [-0.2, 0) is 4.74 Å². The maximum Gasteiger partial charge on any atom is 0.274 e. The van der Waals surface area contributed by atoms with Crippen molar-refractivity contribution < 1.29 is 14.3 Å². The van der Waals surface area contributed by atoms with Crippen LogP contribution in [0, 0.1) is 0 Å². The number of ether oxygens (including phenoxy) is 2. The van der Waals surface area contributed by atoms with E-state index in [-0.39, 0.29) is 5.91 Å². The van der Waals surface area contributed by atoms with Gasteiger partial charge in [-0.05, 0) is 30.7 Å². The van der Waals surface area contributed by atoms with Crippen molar-refractivity contribution in [1.82, 2.24) is 4.98 Å². The highest BCUT2D eigenvalue weighted by molar-refractivity contribution is 6.03. The molecule has 1 heterocycles. The molecule has 2 N–H and O–H groups in total. The monoisotopic (exact) mass is 315 g/mol. The summed E-state index contributed by atoms with van der Waals surface area (Å²) in [6.07, 6.45) is 2.55. The highest BCUT2D eigenvalue weighted by atomic mass is 16.5. The molecule has 0 unspecified atom stereocenters. The van der Waals surface area contributed by atoms with Crippen molar-refractivity contribution in [2.24, 2.45) is 0 Å². The van der Waals surface area contributed by atoms with Gasteiger partial charge in [0.05, 0.1) is 24.7 Å². The van der Waals surface area contributed by atoms with Crippen LogP contribution in [-0.4, -0.2) is 38.3 Å². The maximum atomic E-state index is 12.2. The molecule has 23 heavy (non-hydrogen) atoms. The number of nitrogens with one attached hydrogen (secondary N) is 2. The number of carbonyl (C=O) groups is 1. The van der Waals surface area contributed by atoms with Crippen molar-refractivity contribution >= 4 is 17.3 Å². The first-order chi connectivity index (χ1) is 11.2. The minimum atomic E-state index is -0.277. The maximum absolute atomic E-state index is 12.2. The molecule has 2 aromatic rings. The number of benzene rings is 1. The fraction of sp³-hybridized carbons (Fsp3) is 0.294. The van der Waals surface area contributed by atoms with Crippen LogP contribution in [0.2, 0.25) is 0 Å². The van der Waals surface area contributed by atoms with Gasteiger partial charge in [0.1, 0.15) is 11.4 Å². The lowest BCUT2D eigenvalue weighted by molar-refractivity contribution is 0.102. The SMILES string of the molecule is COCCCNc1ccc(C(=O)Nc2ccccc2OC)nc1. The quantitative estimate of drug-likeness (QED) is 0.733. The summed E-state index contributed by atoms with van der Waals surface area (Å²) in [5.41, 5.74) is 1.83. The highest BCUT2D eigenvalue weighted by Gasteiger charge is 2.10. The second-order valence-electron chi connectivity index (χ2n) is 4.86. The topological polar surface area (TPSA) is 72.5 Å². The number of carbonyl (C=O) groups excluding carboxylic acids is 1. The fourth-order valence-electron chi connectivity index (χ4n) is 2.02. The molecule has 0 aliphatic rings. The summed E-state index contributed by atoms with van der Waals surface area (Å²) in [6.45, 7) is 1.50. The van der Waals surface area contributed by atoms with E-state index in [9.17, 15) is 4.79 Å². The summed E-state index contributed by atoms with van der Waals surface area (Å²) in [7, 11) is 3.24. The van der Waals surface area contributed by atoms with Crippen LogP contribution in [0.25, 0.3) is 0 Å². The molecule has 0 atom stereocenters. The van der Waals surface area contributed by atoms with Crippen molar-refractivity contribution in [3.8, 4) is 5.75 Å². The number of anilines is 2. The van der Waals surface area contributed by atoms with Gasteiger partial charge in [-0.2, -0.15) is 0 Å². The van der Waals surface area contributed by atoms with Crippen molar-refractivity contribution in [2.75, 3.05) is 38.0 Å². The molecule has 6 heteroatoms. The summed E-state index contributed by atoms with van der Waals surface area (Å²) < 4.78 is 10.2. The minimum absolute atomic E-state index is 0.277. The minimum Gasteiger partial charge on any atom is -0.495 e. The van der Waals surface area contributed by atoms with Crippen LogP contribution in [0.3, 0.4) is 0 Å². The molecule has 0 fully saturated rings. The van der Waals surface area contributed by atoms with Crippen LogP contribution in [0.1, 0.15) is 16.9 Å². The third kappa shape index (κ3) is 4.96. The van der Waals surface area contributed by atoms with Gasteiger partial charge < -0.3 is 20.1 Å². The number of nitrogens with zero attached hydrogens (tertiary/aromatic N) is 1.